The van der Waals surface area contributed by atoms with E-state index in [2.05, 4.69) is 40.1 Å². The van der Waals surface area contributed by atoms with Crippen LogP contribution < -0.4 is 5.56 Å². The maximum absolute atomic E-state index is 13.0. The zero-order valence-corrected chi connectivity index (χ0v) is 19.6. The fraction of sp³-hybridized carbons (Fsp3) is 0.593. The lowest BCUT2D eigenvalue weighted by atomic mass is 9.90. The van der Waals surface area contributed by atoms with Crippen LogP contribution in [0.1, 0.15) is 61.5 Å². The first kappa shape index (κ1) is 22.3. The van der Waals surface area contributed by atoms with E-state index in [0.717, 1.165) is 89.2 Å². The molecule has 1 amide bonds. The van der Waals surface area contributed by atoms with Gasteiger partial charge in [-0.25, -0.2) is 4.98 Å². The minimum atomic E-state index is 0.102. The van der Waals surface area contributed by atoms with Crippen molar-refractivity contribution in [2.24, 2.45) is 5.92 Å². The summed E-state index contributed by atoms with van der Waals surface area (Å²) in [5, 5.41) is 0. The zero-order valence-electron chi connectivity index (χ0n) is 19.6. The van der Waals surface area contributed by atoms with Crippen LogP contribution in [0.5, 0.6) is 0 Å². The van der Waals surface area contributed by atoms with Gasteiger partial charge in [0, 0.05) is 44.6 Å². The van der Waals surface area contributed by atoms with Crippen molar-refractivity contribution in [2.75, 3.05) is 32.7 Å². The molecule has 0 saturated carbocycles. The lowest BCUT2D eigenvalue weighted by Crippen LogP contribution is -2.44. The third-order valence-electron chi connectivity index (χ3n) is 7.77. The Labute approximate surface area is 196 Å². The van der Waals surface area contributed by atoms with Crippen LogP contribution in [-0.4, -0.2) is 58.0 Å². The number of fused-ring (bicyclic) bond motifs is 1. The van der Waals surface area contributed by atoms with Gasteiger partial charge in [-0.15, -0.1) is 0 Å². The molecule has 0 N–H and O–H groups in total. The zero-order chi connectivity index (χ0) is 22.6. The van der Waals surface area contributed by atoms with E-state index in [4.69, 9.17) is 4.98 Å². The Morgan fingerprint density at radius 1 is 0.970 bits per heavy atom. The van der Waals surface area contributed by atoms with E-state index in [1.807, 2.05) is 4.57 Å². The van der Waals surface area contributed by atoms with Crippen LogP contribution in [0.2, 0.25) is 0 Å². The van der Waals surface area contributed by atoms with E-state index >= 15 is 0 Å². The van der Waals surface area contributed by atoms with Crippen molar-refractivity contribution >= 4 is 5.91 Å². The molecule has 2 aromatic rings. The van der Waals surface area contributed by atoms with Crippen LogP contribution in [0.15, 0.2) is 41.2 Å². The number of amides is 1. The molecule has 2 saturated heterocycles. The van der Waals surface area contributed by atoms with Crippen molar-refractivity contribution in [1.29, 1.82) is 0 Å². The second-order valence-electron chi connectivity index (χ2n) is 10.1. The summed E-state index contributed by atoms with van der Waals surface area (Å²) in [6.45, 7) is 4.76. The molecule has 0 bridgehead atoms. The molecule has 5 rings (SSSR count). The lowest BCUT2D eigenvalue weighted by molar-refractivity contribution is -0.133. The predicted molar refractivity (Wildman–Crippen MR) is 129 cm³/mol. The quantitative estimate of drug-likeness (QED) is 0.705. The van der Waals surface area contributed by atoms with Gasteiger partial charge in [0.2, 0.25) is 5.91 Å². The Morgan fingerprint density at radius 2 is 1.79 bits per heavy atom. The molecule has 33 heavy (non-hydrogen) atoms. The largest absolute Gasteiger partial charge is 0.342 e. The van der Waals surface area contributed by atoms with E-state index in [9.17, 15) is 9.59 Å². The van der Waals surface area contributed by atoms with Gasteiger partial charge >= 0.3 is 0 Å². The van der Waals surface area contributed by atoms with E-state index in [1.165, 1.54) is 12.0 Å². The number of aryl methyl sites for hydroxylation is 1. The molecule has 0 unspecified atom stereocenters. The standard InChI is InChI=1S/C27H36N4O2/c32-26-18-24(28-25-9-5-2-6-13-31(25)26)23-12-14-29(19-23)20-27(33)30-15-10-22(11-16-30)17-21-7-3-1-4-8-21/h1,3-4,7-8,18,22-23H,2,5-6,9-17,19-20H2/t23-/m1/s1. The molecule has 3 aliphatic rings. The monoisotopic (exact) mass is 448 g/mol. The summed E-state index contributed by atoms with van der Waals surface area (Å²) in [4.78, 5) is 34.8. The number of carbonyl (C=O) groups excluding carboxylic acids is 1. The van der Waals surface area contributed by atoms with Gasteiger partial charge in [-0.3, -0.25) is 19.1 Å². The third-order valence-corrected chi connectivity index (χ3v) is 7.77. The number of benzene rings is 1. The minimum Gasteiger partial charge on any atom is -0.342 e. The molecular weight excluding hydrogens is 412 g/mol. The average Bonchev–Trinajstić information content (AvgIpc) is 3.16. The van der Waals surface area contributed by atoms with Crippen molar-refractivity contribution in [3.8, 4) is 0 Å². The number of carbonyl (C=O) groups is 1. The minimum absolute atomic E-state index is 0.102. The van der Waals surface area contributed by atoms with E-state index in [0.29, 0.717) is 12.5 Å². The van der Waals surface area contributed by atoms with Crippen LogP contribution in [0.25, 0.3) is 0 Å². The summed E-state index contributed by atoms with van der Waals surface area (Å²) in [5.74, 6) is 2.15. The molecule has 1 atom stereocenters. The van der Waals surface area contributed by atoms with Crippen LogP contribution in [-0.2, 0) is 24.2 Å². The van der Waals surface area contributed by atoms with Gasteiger partial charge in [-0.05, 0) is 56.6 Å². The van der Waals surface area contributed by atoms with Crippen LogP contribution >= 0.6 is 0 Å². The third kappa shape index (κ3) is 5.37. The van der Waals surface area contributed by atoms with E-state index in [-0.39, 0.29) is 17.4 Å². The fourth-order valence-electron chi connectivity index (χ4n) is 5.79. The highest BCUT2D eigenvalue weighted by Gasteiger charge is 2.30. The van der Waals surface area contributed by atoms with Gasteiger partial charge in [0.1, 0.15) is 5.82 Å². The molecule has 2 fully saturated rings. The first-order valence-electron chi connectivity index (χ1n) is 12.8. The molecule has 3 aliphatic heterocycles. The Balaban J connectivity index is 1.12. The summed E-state index contributed by atoms with van der Waals surface area (Å²) in [6, 6.07) is 12.4. The van der Waals surface area contributed by atoms with Gasteiger partial charge in [-0.2, -0.15) is 0 Å². The SMILES string of the molecule is O=C(CN1CC[C@@H](c2cc(=O)n3c(n2)CCCCC3)C1)N1CCC(Cc2ccccc2)CC1. The van der Waals surface area contributed by atoms with Crippen molar-refractivity contribution in [3.63, 3.8) is 0 Å². The molecule has 6 heteroatoms. The maximum Gasteiger partial charge on any atom is 0.253 e. The van der Waals surface area contributed by atoms with Gasteiger partial charge in [0.05, 0.1) is 12.2 Å². The fourth-order valence-corrected chi connectivity index (χ4v) is 5.79. The van der Waals surface area contributed by atoms with Crippen molar-refractivity contribution in [1.82, 2.24) is 19.4 Å². The number of nitrogens with zero attached hydrogens (tertiary/aromatic N) is 4. The highest BCUT2D eigenvalue weighted by atomic mass is 16.2. The molecule has 4 heterocycles. The van der Waals surface area contributed by atoms with Gasteiger partial charge in [-0.1, -0.05) is 36.8 Å². The number of rotatable bonds is 5. The second-order valence-corrected chi connectivity index (χ2v) is 10.1. The van der Waals surface area contributed by atoms with Crippen LogP contribution in [0.3, 0.4) is 0 Å². The highest BCUT2D eigenvalue weighted by molar-refractivity contribution is 5.78. The predicted octanol–water partition coefficient (Wildman–Crippen LogP) is 3.24. The van der Waals surface area contributed by atoms with Crippen molar-refractivity contribution < 1.29 is 4.79 Å². The highest BCUT2D eigenvalue weighted by Crippen LogP contribution is 2.27. The summed E-state index contributed by atoms with van der Waals surface area (Å²) in [7, 11) is 0. The van der Waals surface area contributed by atoms with Gasteiger partial charge in [0.25, 0.3) is 5.56 Å². The number of likely N-dealkylation sites (tertiary alicyclic amines) is 2. The first-order chi connectivity index (χ1) is 16.2. The Hall–Kier alpha value is -2.47. The number of aromatic nitrogens is 2. The van der Waals surface area contributed by atoms with Crippen LogP contribution in [0, 0.1) is 5.92 Å². The van der Waals surface area contributed by atoms with Gasteiger partial charge < -0.3 is 4.90 Å². The smallest absolute Gasteiger partial charge is 0.253 e. The Bertz CT molecular complexity index is 1010. The molecular formula is C27H36N4O2. The summed E-state index contributed by atoms with van der Waals surface area (Å²) < 4.78 is 1.87. The van der Waals surface area contributed by atoms with Crippen molar-refractivity contribution in [3.05, 3.63) is 63.8 Å². The summed E-state index contributed by atoms with van der Waals surface area (Å²) >= 11 is 0. The topological polar surface area (TPSA) is 58.4 Å². The molecule has 0 radical (unpaired) electrons. The second kappa shape index (κ2) is 10.2. The molecule has 176 valence electrons. The molecule has 6 nitrogen and oxygen atoms in total. The van der Waals surface area contributed by atoms with E-state index < -0.39 is 0 Å². The molecule has 0 spiro atoms. The van der Waals surface area contributed by atoms with Crippen molar-refractivity contribution in [2.45, 2.75) is 63.8 Å². The normalized spacial score (nSPS) is 22.2. The molecule has 0 aliphatic carbocycles. The molecule has 1 aromatic heterocycles. The number of piperidine rings is 1. The summed E-state index contributed by atoms with van der Waals surface area (Å²) in [6.07, 6.45) is 8.52. The number of hydrogen-bond acceptors (Lipinski definition) is 4. The summed E-state index contributed by atoms with van der Waals surface area (Å²) in [5.41, 5.74) is 2.44. The van der Waals surface area contributed by atoms with Crippen LogP contribution in [0.4, 0.5) is 0 Å². The Morgan fingerprint density at radius 3 is 2.61 bits per heavy atom. The first-order valence-corrected chi connectivity index (χ1v) is 12.8. The Kier molecular flexibility index (Phi) is 6.91. The van der Waals surface area contributed by atoms with E-state index in [1.54, 1.807) is 6.07 Å². The molecule has 1 aromatic carbocycles. The lowest BCUT2D eigenvalue weighted by Gasteiger charge is -2.33. The van der Waals surface area contributed by atoms with Gasteiger partial charge in [0.15, 0.2) is 0 Å². The average molecular weight is 449 g/mol. The number of hydrogen-bond donors (Lipinski definition) is 0. The maximum atomic E-state index is 13.0.